The van der Waals surface area contributed by atoms with Crippen molar-refractivity contribution in [3.63, 3.8) is 0 Å². The normalized spacial score (nSPS) is 14.8. The Hall–Kier alpha value is -3.88. The molecule has 9 nitrogen and oxygen atoms in total. The average molecular weight is 538 g/mol. The van der Waals surface area contributed by atoms with Crippen LogP contribution in [0.3, 0.4) is 0 Å². The van der Waals surface area contributed by atoms with Crippen LogP contribution in [0.4, 0.5) is 4.79 Å². The van der Waals surface area contributed by atoms with Gasteiger partial charge in [0, 0.05) is 12.5 Å². The number of nitrogens with zero attached hydrogens (tertiary/aromatic N) is 1. The van der Waals surface area contributed by atoms with Gasteiger partial charge in [0.2, 0.25) is 11.8 Å². The number of carbonyl (C=O) groups excluding carboxylic acids is 4. The fraction of sp³-hybridized carbons (Fsp3) is 0.467. The summed E-state index contributed by atoms with van der Waals surface area (Å²) in [6.45, 7) is 6.86. The van der Waals surface area contributed by atoms with E-state index in [2.05, 4.69) is 15.4 Å². The molecule has 210 valence electrons. The number of nitrogens with one attached hydrogen (secondary N) is 2. The van der Waals surface area contributed by atoms with E-state index < -0.39 is 41.6 Å². The molecule has 3 amide bonds. The Morgan fingerprint density at radius 2 is 1.64 bits per heavy atom. The second-order valence-corrected chi connectivity index (χ2v) is 10.8. The van der Waals surface area contributed by atoms with Crippen LogP contribution in [0.25, 0.3) is 0 Å². The Labute approximate surface area is 230 Å². The van der Waals surface area contributed by atoms with Crippen molar-refractivity contribution < 1.29 is 28.7 Å². The summed E-state index contributed by atoms with van der Waals surface area (Å²) in [4.78, 5) is 54.1. The quantitative estimate of drug-likeness (QED) is 0.445. The fourth-order valence-electron chi connectivity index (χ4n) is 4.38. The first-order chi connectivity index (χ1) is 18.5. The Balaban J connectivity index is 2.01. The molecule has 1 saturated carbocycles. The number of rotatable bonds is 10. The molecule has 0 heterocycles. The van der Waals surface area contributed by atoms with E-state index >= 15 is 0 Å². The number of hydrogen-bond donors (Lipinski definition) is 2. The third-order valence-corrected chi connectivity index (χ3v) is 6.55. The van der Waals surface area contributed by atoms with Crippen LogP contribution in [-0.4, -0.2) is 60.1 Å². The Kier molecular flexibility index (Phi) is 10.1. The van der Waals surface area contributed by atoms with E-state index in [0.717, 1.165) is 30.4 Å². The van der Waals surface area contributed by atoms with Crippen molar-refractivity contribution in [1.82, 2.24) is 15.5 Å². The maximum atomic E-state index is 14.3. The van der Waals surface area contributed by atoms with E-state index in [1.54, 1.807) is 25.7 Å². The lowest BCUT2D eigenvalue weighted by atomic mass is 9.87. The first-order valence-corrected chi connectivity index (χ1v) is 13.2. The van der Waals surface area contributed by atoms with Crippen LogP contribution >= 0.6 is 0 Å². The van der Waals surface area contributed by atoms with Crippen LogP contribution in [0, 0.1) is 6.92 Å². The number of benzene rings is 2. The molecule has 3 rings (SSSR count). The van der Waals surface area contributed by atoms with Gasteiger partial charge in [0.1, 0.15) is 24.2 Å². The predicted octanol–water partition coefficient (Wildman–Crippen LogP) is 3.84. The molecular formula is C30H39N3O6. The molecule has 2 aromatic rings. The van der Waals surface area contributed by atoms with Crippen LogP contribution in [0.2, 0.25) is 0 Å². The zero-order valence-electron chi connectivity index (χ0n) is 23.4. The van der Waals surface area contributed by atoms with Crippen LogP contribution in [0.1, 0.15) is 62.8 Å². The molecule has 39 heavy (non-hydrogen) atoms. The highest BCUT2D eigenvalue weighted by atomic mass is 16.6. The summed E-state index contributed by atoms with van der Waals surface area (Å²) >= 11 is 0. The molecule has 0 saturated heterocycles. The Bertz CT molecular complexity index is 1140. The smallest absolute Gasteiger partial charge is 0.408 e. The largest absolute Gasteiger partial charge is 0.468 e. The molecule has 0 aliphatic heterocycles. The van der Waals surface area contributed by atoms with Crippen molar-refractivity contribution in [2.75, 3.05) is 13.7 Å². The molecule has 2 atom stereocenters. The van der Waals surface area contributed by atoms with Gasteiger partial charge in [0.05, 0.1) is 7.11 Å². The first-order valence-electron chi connectivity index (χ1n) is 13.2. The predicted molar refractivity (Wildman–Crippen MR) is 147 cm³/mol. The highest BCUT2D eigenvalue weighted by Crippen LogP contribution is 2.34. The van der Waals surface area contributed by atoms with Crippen LogP contribution in [0.15, 0.2) is 54.6 Å². The van der Waals surface area contributed by atoms with Crippen molar-refractivity contribution in [2.24, 2.45) is 0 Å². The monoisotopic (exact) mass is 537 g/mol. The van der Waals surface area contributed by atoms with E-state index in [0.29, 0.717) is 5.56 Å². The fourth-order valence-corrected chi connectivity index (χ4v) is 4.38. The molecule has 9 heteroatoms. The van der Waals surface area contributed by atoms with Crippen molar-refractivity contribution in [1.29, 1.82) is 0 Å². The maximum Gasteiger partial charge on any atom is 0.408 e. The van der Waals surface area contributed by atoms with E-state index in [-0.39, 0.29) is 19.0 Å². The van der Waals surface area contributed by atoms with Crippen LogP contribution in [0.5, 0.6) is 0 Å². The molecule has 2 N–H and O–H groups in total. The Morgan fingerprint density at radius 3 is 2.18 bits per heavy atom. The summed E-state index contributed by atoms with van der Waals surface area (Å²) in [6.07, 6.45) is 1.87. The van der Waals surface area contributed by atoms with Crippen molar-refractivity contribution in [3.05, 3.63) is 71.3 Å². The molecular weight excluding hydrogens is 498 g/mol. The lowest BCUT2D eigenvalue weighted by molar-refractivity contribution is -0.148. The van der Waals surface area contributed by atoms with Gasteiger partial charge in [0.25, 0.3) is 0 Å². The maximum absolute atomic E-state index is 14.3. The van der Waals surface area contributed by atoms with Crippen molar-refractivity contribution >= 4 is 23.9 Å². The lowest BCUT2D eigenvalue weighted by Gasteiger charge is -2.43. The minimum atomic E-state index is -1.01. The summed E-state index contributed by atoms with van der Waals surface area (Å²) in [5, 5.41) is 5.39. The van der Waals surface area contributed by atoms with Gasteiger partial charge < -0.3 is 25.0 Å². The van der Waals surface area contributed by atoms with Gasteiger partial charge in [-0.25, -0.2) is 4.79 Å². The number of alkyl carbamates (subject to hydrolysis) is 1. The SMILES string of the molecule is COC(=O)CNC(=O)C(c1ccc(C)cc1)N(C(=O)C(Cc1ccccc1)NC(=O)OC(C)(C)C)C1CCC1. The van der Waals surface area contributed by atoms with Crippen molar-refractivity contribution in [2.45, 2.75) is 77.1 Å². The van der Waals surface area contributed by atoms with Crippen molar-refractivity contribution in [3.8, 4) is 0 Å². The zero-order chi connectivity index (χ0) is 28.6. The number of esters is 1. The zero-order valence-corrected chi connectivity index (χ0v) is 23.4. The van der Waals surface area contributed by atoms with E-state index in [1.165, 1.54) is 7.11 Å². The molecule has 0 bridgehead atoms. The summed E-state index contributed by atoms with van der Waals surface area (Å²) < 4.78 is 10.2. The molecule has 0 spiro atoms. The molecule has 1 aliphatic carbocycles. The second kappa shape index (κ2) is 13.3. The molecule has 0 aromatic heterocycles. The Morgan fingerprint density at radius 1 is 1.00 bits per heavy atom. The standard InChI is InChI=1S/C30H39N3O6/c1-20-14-16-22(17-15-20)26(27(35)31-19-25(34)38-5)33(23-12-9-13-23)28(36)24(18-21-10-7-6-8-11-21)32-29(37)39-30(2,3)4/h6-8,10-11,14-17,23-24,26H,9,12-13,18-19H2,1-5H3,(H,31,35)(H,32,37). The third-order valence-electron chi connectivity index (χ3n) is 6.55. The molecule has 1 aliphatic rings. The lowest BCUT2D eigenvalue weighted by Crippen LogP contribution is -2.58. The molecule has 2 unspecified atom stereocenters. The number of hydrogen-bond acceptors (Lipinski definition) is 6. The number of aryl methyl sites for hydroxylation is 1. The van der Waals surface area contributed by atoms with Gasteiger partial charge >= 0.3 is 12.1 Å². The van der Waals surface area contributed by atoms with Crippen LogP contribution < -0.4 is 10.6 Å². The first kappa shape index (κ1) is 29.7. The highest BCUT2D eigenvalue weighted by molar-refractivity contribution is 5.93. The average Bonchev–Trinajstić information content (AvgIpc) is 2.85. The van der Waals surface area contributed by atoms with Gasteiger partial charge in [0.15, 0.2) is 0 Å². The number of amides is 3. The number of carbonyl (C=O) groups is 4. The summed E-state index contributed by atoms with van der Waals surface area (Å²) in [5.74, 6) is -1.49. The van der Waals surface area contributed by atoms with E-state index in [1.807, 2.05) is 61.5 Å². The van der Waals surface area contributed by atoms with E-state index in [4.69, 9.17) is 4.74 Å². The topological polar surface area (TPSA) is 114 Å². The molecule has 2 aromatic carbocycles. The van der Waals surface area contributed by atoms with Gasteiger partial charge in [-0.2, -0.15) is 0 Å². The van der Waals surface area contributed by atoms with E-state index in [9.17, 15) is 19.2 Å². The van der Waals surface area contributed by atoms with Gasteiger partial charge in [-0.05, 0) is 58.1 Å². The molecule has 1 fully saturated rings. The van der Waals surface area contributed by atoms with Gasteiger partial charge in [-0.15, -0.1) is 0 Å². The number of ether oxygens (including phenoxy) is 2. The highest BCUT2D eigenvalue weighted by Gasteiger charge is 2.42. The summed E-state index contributed by atoms with van der Waals surface area (Å²) in [5.41, 5.74) is 1.71. The minimum absolute atomic E-state index is 0.202. The third kappa shape index (κ3) is 8.56. The summed E-state index contributed by atoms with van der Waals surface area (Å²) in [7, 11) is 1.24. The summed E-state index contributed by atoms with van der Waals surface area (Å²) in [6, 6.07) is 14.5. The van der Waals surface area contributed by atoms with Crippen LogP contribution in [-0.2, 0) is 30.3 Å². The minimum Gasteiger partial charge on any atom is -0.468 e. The van der Waals surface area contributed by atoms with Gasteiger partial charge in [-0.1, -0.05) is 60.2 Å². The number of methoxy groups -OCH3 is 1. The molecule has 0 radical (unpaired) electrons. The van der Waals surface area contributed by atoms with Gasteiger partial charge in [-0.3, -0.25) is 14.4 Å². The second-order valence-electron chi connectivity index (χ2n) is 10.8.